The minimum atomic E-state index is -1.84. The molecule has 0 bridgehead atoms. The number of ether oxygens (including phenoxy) is 2. The molecule has 1 aromatic rings. The van der Waals surface area contributed by atoms with Gasteiger partial charge in [-0.1, -0.05) is 0 Å². The van der Waals surface area contributed by atoms with Crippen LogP contribution in [0.3, 0.4) is 0 Å². The van der Waals surface area contributed by atoms with Crippen LogP contribution in [0.4, 0.5) is 5.69 Å². The lowest BCUT2D eigenvalue weighted by molar-refractivity contribution is -0.384. The molecule has 0 unspecified atom stereocenters. The number of nitro benzene ring substituents is 1. The third kappa shape index (κ3) is 3.81. The second-order valence-electron chi connectivity index (χ2n) is 4.95. The fourth-order valence-corrected chi connectivity index (χ4v) is 2.01. The molecule has 23 heavy (non-hydrogen) atoms. The number of hydrogen-bond acceptors (Lipinski definition) is 9. The number of non-ortho nitro benzene ring substituents is 1. The Balaban J connectivity index is 1.95. The van der Waals surface area contributed by atoms with Gasteiger partial charge in [-0.3, -0.25) is 10.1 Å². The van der Waals surface area contributed by atoms with Crippen molar-refractivity contribution in [3.8, 4) is 0 Å². The Hall–Kier alpha value is -2.11. The van der Waals surface area contributed by atoms with Crippen molar-refractivity contribution in [2.45, 2.75) is 37.3 Å². The molecule has 1 aliphatic heterocycles. The first-order chi connectivity index (χ1) is 10.8. The zero-order chi connectivity index (χ0) is 17.1. The molecule has 0 amide bonds. The Labute approximate surface area is 129 Å². The average Bonchev–Trinajstić information content (AvgIpc) is 2.54. The van der Waals surface area contributed by atoms with Gasteiger partial charge in [-0.2, -0.15) is 0 Å². The number of aliphatic hydroxyl groups is 4. The predicted molar refractivity (Wildman–Crippen MR) is 71.8 cm³/mol. The van der Waals surface area contributed by atoms with Crippen molar-refractivity contribution in [3.63, 3.8) is 0 Å². The number of rotatable bonds is 4. The first kappa shape index (κ1) is 17.2. The number of hydrogen-bond donors (Lipinski definition) is 4. The molecule has 0 aromatic heterocycles. The van der Waals surface area contributed by atoms with Crippen LogP contribution in [-0.4, -0.2) is 62.0 Å². The SMILES string of the molecule is O=C(OCc1ccc([N+](=O)[O-])cc1)[C@H]1O[C@@H](O)[C@H](O)[C@@H](O)[C@@H]1O. The molecule has 1 heterocycles. The molecule has 10 heteroatoms. The van der Waals surface area contributed by atoms with E-state index in [-0.39, 0.29) is 12.3 Å². The highest BCUT2D eigenvalue weighted by Crippen LogP contribution is 2.21. The van der Waals surface area contributed by atoms with Gasteiger partial charge in [0.1, 0.15) is 24.9 Å². The van der Waals surface area contributed by atoms with E-state index in [1.807, 2.05) is 0 Å². The second-order valence-corrected chi connectivity index (χ2v) is 4.95. The molecule has 0 spiro atoms. The Bertz CT molecular complexity index is 575. The van der Waals surface area contributed by atoms with Gasteiger partial charge in [0, 0.05) is 12.1 Å². The van der Waals surface area contributed by atoms with Crippen molar-refractivity contribution in [1.29, 1.82) is 0 Å². The standard InChI is InChI=1S/C13H15NO9/c15-8-9(16)11(23-12(18)10(8)17)13(19)22-5-6-1-3-7(4-2-6)14(20)21/h1-4,8-12,15-18H,5H2/t8-,9-,10+,11-,12+/m0/s1. The molecular weight excluding hydrogens is 314 g/mol. The summed E-state index contributed by atoms with van der Waals surface area (Å²) < 4.78 is 9.59. The lowest BCUT2D eigenvalue weighted by atomic mass is 9.99. The largest absolute Gasteiger partial charge is 0.459 e. The summed E-state index contributed by atoms with van der Waals surface area (Å²) in [5.41, 5.74) is 0.335. The summed E-state index contributed by atoms with van der Waals surface area (Å²) in [7, 11) is 0. The van der Waals surface area contributed by atoms with Gasteiger partial charge in [-0.15, -0.1) is 0 Å². The second kappa shape index (κ2) is 6.98. The van der Waals surface area contributed by atoms with E-state index < -0.39 is 41.6 Å². The van der Waals surface area contributed by atoms with Gasteiger partial charge in [0.2, 0.25) is 0 Å². The van der Waals surface area contributed by atoms with Crippen LogP contribution < -0.4 is 0 Å². The minimum absolute atomic E-state index is 0.119. The van der Waals surface area contributed by atoms with Crippen molar-refractivity contribution < 1.29 is 39.6 Å². The zero-order valence-corrected chi connectivity index (χ0v) is 11.7. The molecule has 1 aromatic carbocycles. The van der Waals surface area contributed by atoms with E-state index in [0.29, 0.717) is 5.56 Å². The number of benzene rings is 1. The molecule has 2 rings (SSSR count). The summed E-state index contributed by atoms with van der Waals surface area (Å²) >= 11 is 0. The van der Waals surface area contributed by atoms with E-state index in [9.17, 15) is 35.3 Å². The number of esters is 1. The van der Waals surface area contributed by atoms with Gasteiger partial charge >= 0.3 is 5.97 Å². The van der Waals surface area contributed by atoms with Crippen molar-refractivity contribution in [3.05, 3.63) is 39.9 Å². The molecular formula is C13H15NO9. The third-order valence-corrected chi connectivity index (χ3v) is 3.35. The van der Waals surface area contributed by atoms with Crippen molar-refractivity contribution in [1.82, 2.24) is 0 Å². The van der Waals surface area contributed by atoms with Crippen molar-refractivity contribution >= 4 is 11.7 Å². The molecule has 0 saturated carbocycles. The lowest BCUT2D eigenvalue weighted by Gasteiger charge is -2.36. The normalized spacial score (nSPS) is 30.7. The van der Waals surface area contributed by atoms with Crippen LogP contribution in [0.15, 0.2) is 24.3 Å². The zero-order valence-electron chi connectivity index (χ0n) is 11.7. The van der Waals surface area contributed by atoms with Crippen molar-refractivity contribution in [2.75, 3.05) is 0 Å². The first-order valence-electron chi connectivity index (χ1n) is 6.59. The number of aliphatic hydroxyl groups excluding tert-OH is 4. The number of nitro groups is 1. The maximum Gasteiger partial charge on any atom is 0.338 e. The van der Waals surface area contributed by atoms with E-state index in [4.69, 9.17) is 9.47 Å². The minimum Gasteiger partial charge on any atom is -0.459 e. The third-order valence-electron chi connectivity index (χ3n) is 3.35. The average molecular weight is 329 g/mol. The summed E-state index contributed by atoms with van der Waals surface area (Å²) in [6, 6.07) is 5.24. The molecule has 10 nitrogen and oxygen atoms in total. The molecule has 1 aliphatic rings. The maximum atomic E-state index is 11.8. The molecule has 0 radical (unpaired) electrons. The van der Waals surface area contributed by atoms with Crippen LogP contribution in [-0.2, 0) is 20.9 Å². The first-order valence-corrected chi connectivity index (χ1v) is 6.59. The summed E-state index contributed by atoms with van der Waals surface area (Å²) in [5, 5.41) is 48.3. The van der Waals surface area contributed by atoms with Crippen LogP contribution in [0.25, 0.3) is 0 Å². The quantitative estimate of drug-likeness (QED) is 0.291. The highest BCUT2D eigenvalue weighted by molar-refractivity contribution is 5.75. The summed E-state index contributed by atoms with van der Waals surface area (Å²) in [6.45, 7) is -0.252. The number of carbonyl (C=O) groups is 1. The highest BCUT2D eigenvalue weighted by atomic mass is 16.7. The van der Waals surface area contributed by atoms with Crippen LogP contribution in [0.5, 0.6) is 0 Å². The summed E-state index contributed by atoms with van der Waals surface area (Å²) in [5.74, 6) is -1.05. The Morgan fingerprint density at radius 1 is 1.13 bits per heavy atom. The van der Waals surface area contributed by atoms with E-state index >= 15 is 0 Å². The molecule has 1 saturated heterocycles. The van der Waals surface area contributed by atoms with Crippen LogP contribution in [0.2, 0.25) is 0 Å². The fraction of sp³-hybridized carbons (Fsp3) is 0.462. The van der Waals surface area contributed by atoms with Crippen LogP contribution in [0.1, 0.15) is 5.56 Å². The number of nitrogens with zero attached hydrogens (tertiary/aromatic N) is 1. The molecule has 4 N–H and O–H groups in total. The lowest BCUT2D eigenvalue weighted by Crippen LogP contribution is -2.59. The molecule has 126 valence electrons. The van der Waals surface area contributed by atoms with Gasteiger partial charge in [-0.05, 0) is 17.7 Å². The van der Waals surface area contributed by atoms with E-state index in [1.54, 1.807) is 0 Å². The van der Waals surface area contributed by atoms with Gasteiger partial charge in [0.05, 0.1) is 4.92 Å². The van der Waals surface area contributed by atoms with Gasteiger partial charge in [0.15, 0.2) is 12.4 Å². The fourth-order valence-electron chi connectivity index (χ4n) is 2.01. The van der Waals surface area contributed by atoms with Gasteiger partial charge < -0.3 is 29.9 Å². The summed E-state index contributed by atoms with van der Waals surface area (Å²) in [4.78, 5) is 21.8. The maximum absolute atomic E-state index is 11.8. The van der Waals surface area contributed by atoms with Crippen LogP contribution in [0, 0.1) is 10.1 Å². The molecule has 0 aliphatic carbocycles. The molecule has 1 fully saturated rings. The van der Waals surface area contributed by atoms with Gasteiger partial charge in [-0.25, -0.2) is 4.79 Å². The molecule has 5 atom stereocenters. The Morgan fingerprint density at radius 3 is 2.30 bits per heavy atom. The highest BCUT2D eigenvalue weighted by Gasteiger charge is 2.46. The summed E-state index contributed by atoms with van der Waals surface area (Å²) in [6.07, 6.45) is -8.79. The smallest absolute Gasteiger partial charge is 0.338 e. The Kier molecular flexibility index (Phi) is 5.23. The van der Waals surface area contributed by atoms with E-state index in [1.165, 1.54) is 24.3 Å². The van der Waals surface area contributed by atoms with Crippen molar-refractivity contribution in [2.24, 2.45) is 0 Å². The predicted octanol–water partition coefficient (Wildman–Crippen LogP) is -1.56. The van der Waals surface area contributed by atoms with Crippen LogP contribution >= 0.6 is 0 Å². The monoisotopic (exact) mass is 329 g/mol. The van der Waals surface area contributed by atoms with E-state index in [2.05, 4.69) is 0 Å². The van der Waals surface area contributed by atoms with E-state index in [0.717, 1.165) is 0 Å². The number of carbonyl (C=O) groups excluding carboxylic acids is 1. The van der Waals surface area contributed by atoms with Gasteiger partial charge in [0.25, 0.3) is 5.69 Å². The Morgan fingerprint density at radius 2 is 1.74 bits per heavy atom. The topological polar surface area (TPSA) is 160 Å².